The van der Waals surface area contributed by atoms with Crippen LogP contribution in [-0.4, -0.2) is 44.0 Å². The predicted molar refractivity (Wildman–Crippen MR) is 138 cm³/mol. The van der Waals surface area contributed by atoms with Gasteiger partial charge in [-0.2, -0.15) is 5.10 Å². The molecule has 4 rings (SSSR count). The number of fused-ring (bicyclic) bond motifs is 1. The van der Waals surface area contributed by atoms with E-state index in [1.165, 1.54) is 7.11 Å². The van der Waals surface area contributed by atoms with E-state index in [2.05, 4.69) is 42.5 Å². The van der Waals surface area contributed by atoms with Crippen molar-refractivity contribution in [3.63, 3.8) is 0 Å². The molecular weight excluding hydrogens is 512 g/mol. The molecule has 0 unspecified atom stereocenters. The first-order chi connectivity index (χ1) is 16.8. The number of aromatic nitrogens is 5. The lowest BCUT2D eigenvalue weighted by Crippen LogP contribution is -2.13. The summed E-state index contributed by atoms with van der Waals surface area (Å²) in [5.41, 5.74) is 10.6. The number of anilines is 1. The molecular formula is C25H29BrN6O3. The summed E-state index contributed by atoms with van der Waals surface area (Å²) in [6, 6.07) is 9.40. The van der Waals surface area contributed by atoms with Crippen molar-refractivity contribution >= 4 is 38.9 Å². The average molecular weight is 541 g/mol. The average Bonchev–Trinajstić information content (AvgIpc) is 3.35. The van der Waals surface area contributed by atoms with E-state index in [1.54, 1.807) is 23.0 Å². The molecule has 2 N–H and O–H groups in total. The lowest BCUT2D eigenvalue weighted by molar-refractivity contribution is 0.0600. The Kier molecular flexibility index (Phi) is 7.39. The highest BCUT2D eigenvalue weighted by molar-refractivity contribution is 9.10. The number of methoxy groups -OCH3 is 1. The highest BCUT2D eigenvalue weighted by Gasteiger charge is 2.18. The molecule has 0 aliphatic carbocycles. The molecule has 0 radical (unpaired) electrons. The minimum absolute atomic E-state index is 0.305. The lowest BCUT2D eigenvalue weighted by Gasteiger charge is -2.15. The van der Waals surface area contributed by atoms with Crippen molar-refractivity contribution in [1.82, 2.24) is 24.3 Å². The van der Waals surface area contributed by atoms with Gasteiger partial charge in [0.2, 0.25) is 11.8 Å². The van der Waals surface area contributed by atoms with Gasteiger partial charge >= 0.3 is 5.97 Å². The van der Waals surface area contributed by atoms with Crippen LogP contribution in [0.1, 0.15) is 35.8 Å². The van der Waals surface area contributed by atoms with Gasteiger partial charge in [0.15, 0.2) is 0 Å². The molecule has 3 aromatic heterocycles. The zero-order valence-corrected chi connectivity index (χ0v) is 21.9. The Labute approximate surface area is 212 Å². The number of pyridine rings is 1. The fourth-order valence-electron chi connectivity index (χ4n) is 4.07. The van der Waals surface area contributed by atoms with Gasteiger partial charge in [0.05, 0.1) is 47.8 Å². The number of halogens is 1. The second-order valence-electron chi connectivity index (χ2n) is 8.67. The first-order valence-corrected chi connectivity index (χ1v) is 12.2. The maximum atomic E-state index is 12.0. The van der Waals surface area contributed by atoms with E-state index in [0.717, 1.165) is 40.5 Å². The van der Waals surface area contributed by atoms with E-state index in [0.29, 0.717) is 41.3 Å². The zero-order valence-electron chi connectivity index (χ0n) is 20.3. The van der Waals surface area contributed by atoms with E-state index < -0.39 is 5.97 Å². The summed E-state index contributed by atoms with van der Waals surface area (Å²) in [5, 5.41) is 4.34. The molecule has 0 saturated carbocycles. The second kappa shape index (κ2) is 10.5. The fourth-order valence-corrected chi connectivity index (χ4v) is 4.42. The predicted octanol–water partition coefficient (Wildman–Crippen LogP) is 4.77. The van der Waals surface area contributed by atoms with E-state index in [4.69, 9.17) is 15.2 Å². The van der Waals surface area contributed by atoms with Crippen molar-refractivity contribution in [2.45, 2.75) is 33.2 Å². The smallest absolute Gasteiger partial charge is 0.337 e. The van der Waals surface area contributed by atoms with Gasteiger partial charge in [-0.15, -0.1) is 0 Å². The van der Waals surface area contributed by atoms with Gasteiger partial charge in [-0.25, -0.2) is 14.5 Å². The number of ether oxygens (including phenoxy) is 2. The Balaban J connectivity index is 1.40. The minimum atomic E-state index is -0.407. The molecule has 184 valence electrons. The molecule has 0 saturated heterocycles. The number of nitrogens with two attached hydrogens (primary N) is 1. The van der Waals surface area contributed by atoms with Crippen LogP contribution in [-0.2, 0) is 18.3 Å². The van der Waals surface area contributed by atoms with Gasteiger partial charge in [-0.05, 0) is 56.0 Å². The first-order valence-electron chi connectivity index (χ1n) is 11.4. The number of hydrogen-bond acceptors (Lipinski definition) is 7. The lowest BCUT2D eigenvalue weighted by atomic mass is 10.1. The molecule has 0 aliphatic rings. The van der Waals surface area contributed by atoms with Crippen molar-refractivity contribution in [2.24, 2.45) is 13.0 Å². The van der Waals surface area contributed by atoms with Crippen LogP contribution in [0.4, 0.5) is 5.95 Å². The maximum absolute atomic E-state index is 12.0. The highest BCUT2D eigenvalue weighted by atomic mass is 79.9. The number of benzene rings is 1. The van der Waals surface area contributed by atoms with Crippen LogP contribution in [0.5, 0.6) is 5.88 Å². The number of nitrogens with zero attached hydrogens (tertiary/aromatic N) is 5. The van der Waals surface area contributed by atoms with E-state index in [-0.39, 0.29) is 0 Å². The third kappa shape index (κ3) is 5.48. The number of esters is 1. The van der Waals surface area contributed by atoms with Crippen molar-refractivity contribution in [3.05, 3.63) is 52.3 Å². The topological polar surface area (TPSA) is 110 Å². The summed E-state index contributed by atoms with van der Waals surface area (Å²) >= 11 is 3.48. The van der Waals surface area contributed by atoms with Crippen molar-refractivity contribution in [2.75, 3.05) is 19.5 Å². The molecule has 9 nitrogen and oxygen atoms in total. The van der Waals surface area contributed by atoms with E-state index in [1.807, 2.05) is 32.2 Å². The maximum Gasteiger partial charge on any atom is 0.337 e. The van der Waals surface area contributed by atoms with Gasteiger partial charge in [0, 0.05) is 23.8 Å². The quantitative estimate of drug-likeness (QED) is 0.304. The summed E-state index contributed by atoms with van der Waals surface area (Å²) in [4.78, 5) is 21.1. The summed E-state index contributed by atoms with van der Waals surface area (Å²) in [7, 11) is 3.19. The molecule has 0 aliphatic heterocycles. The van der Waals surface area contributed by atoms with Crippen LogP contribution < -0.4 is 10.5 Å². The Morgan fingerprint density at radius 1 is 1.23 bits per heavy atom. The Morgan fingerprint density at radius 3 is 2.80 bits per heavy atom. The van der Waals surface area contributed by atoms with Crippen LogP contribution in [0.2, 0.25) is 0 Å². The monoisotopic (exact) mass is 540 g/mol. The highest BCUT2D eigenvalue weighted by Crippen LogP contribution is 2.30. The zero-order chi connectivity index (χ0) is 25.1. The standard InChI is InChI=1S/C25H29BrN6O3/c1-15(6-5-9-32-22-8-7-18(26)12-21(22)30-25(32)27)14-35-23-19(13-28-31(23)3)20-11-17(24(33)34-4)10-16(2)29-20/h7-8,10-13,15H,5-6,9,14H2,1-4H3,(H2,27,30)/t15-/m0/s1. The minimum Gasteiger partial charge on any atom is -0.477 e. The van der Waals surface area contributed by atoms with E-state index >= 15 is 0 Å². The van der Waals surface area contributed by atoms with E-state index in [9.17, 15) is 4.79 Å². The Morgan fingerprint density at radius 2 is 2.03 bits per heavy atom. The number of aryl methyl sites for hydroxylation is 3. The normalized spacial score (nSPS) is 12.1. The molecule has 0 amide bonds. The SMILES string of the molecule is COC(=O)c1cc(C)nc(-c2cnn(C)c2OC[C@@H](C)CCCn2c(N)nc3cc(Br)ccc32)c1. The largest absolute Gasteiger partial charge is 0.477 e. The number of carbonyl (C=O) groups excluding carboxylic acids is 1. The first kappa shape index (κ1) is 24.7. The molecule has 1 aromatic carbocycles. The number of rotatable bonds is 9. The molecule has 10 heteroatoms. The molecule has 0 spiro atoms. The van der Waals surface area contributed by atoms with Gasteiger partial charge < -0.3 is 19.8 Å². The van der Waals surface area contributed by atoms with Gasteiger partial charge in [0.25, 0.3) is 0 Å². The van der Waals surface area contributed by atoms with Crippen LogP contribution in [0.15, 0.2) is 41.0 Å². The number of hydrogen-bond donors (Lipinski definition) is 1. The molecule has 1 atom stereocenters. The van der Waals surface area contributed by atoms with Crippen molar-refractivity contribution in [3.8, 4) is 17.1 Å². The van der Waals surface area contributed by atoms with Gasteiger partial charge in [-0.3, -0.25) is 4.98 Å². The molecule has 3 heterocycles. The third-order valence-corrected chi connectivity index (χ3v) is 6.35. The molecule has 35 heavy (non-hydrogen) atoms. The molecule has 0 fully saturated rings. The van der Waals surface area contributed by atoms with Crippen LogP contribution in [0, 0.1) is 12.8 Å². The molecule has 0 bridgehead atoms. The number of imidazole rings is 1. The summed E-state index contributed by atoms with van der Waals surface area (Å²) < 4.78 is 15.8. The van der Waals surface area contributed by atoms with Crippen molar-refractivity contribution < 1.29 is 14.3 Å². The van der Waals surface area contributed by atoms with Gasteiger partial charge in [-0.1, -0.05) is 22.9 Å². The molecule has 4 aromatic rings. The Hall–Kier alpha value is -3.40. The fraction of sp³-hybridized carbons (Fsp3) is 0.360. The van der Waals surface area contributed by atoms with Crippen molar-refractivity contribution in [1.29, 1.82) is 0 Å². The summed E-state index contributed by atoms with van der Waals surface area (Å²) in [5.74, 6) is 1.04. The summed E-state index contributed by atoms with van der Waals surface area (Å²) in [6.45, 7) is 5.30. The van der Waals surface area contributed by atoms with Crippen LogP contribution in [0.3, 0.4) is 0 Å². The second-order valence-corrected chi connectivity index (χ2v) is 9.59. The Bertz CT molecular complexity index is 1360. The third-order valence-electron chi connectivity index (χ3n) is 5.86. The summed E-state index contributed by atoms with van der Waals surface area (Å²) in [6.07, 6.45) is 3.60. The van der Waals surface area contributed by atoms with Crippen LogP contribution in [0.25, 0.3) is 22.3 Å². The number of nitrogen functional groups attached to an aromatic ring is 1. The van der Waals surface area contributed by atoms with Crippen LogP contribution >= 0.6 is 15.9 Å². The van der Waals surface area contributed by atoms with Gasteiger partial charge in [0.1, 0.15) is 0 Å². The number of carbonyl (C=O) groups is 1.